The van der Waals surface area contributed by atoms with Crippen molar-refractivity contribution in [3.63, 3.8) is 0 Å². The molecule has 0 radical (unpaired) electrons. The molecule has 0 aromatic rings. The monoisotopic (exact) mass is 199 g/mol. The fourth-order valence-electron chi connectivity index (χ4n) is 1.08. The fourth-order valence-corrected chi connectivity index (χ4v) is 1.08. The van der Waals surface area contributed by atoms with Crippen LogP contribution in [0.5, 0.6) is 0 Å². The Morgan fingerprint density at radius 1 is 1.36 bits per heavy atom. The molecular formula is C11H21NO2. The number of nitrogens with one attached hydrogen (secondary N) is 1. The molecule has 0 saturated carbocycles. The van der Waals surface area contributed by atoms with Crippen molar-refractivity contribution >= 4 is 0 Å². The number of hydrogen-bond acceptors (Lipinski definition) is 3. The number of allylic oxidation sites excluding steroid dienone is 2. The zero-order valence-corrected chi connectivity index (χ0v) is 9.55. The third-order valence-electron chi connectivity index (χ3n) is 2.95. The lowest BCUT2D eigenvalue weighted by Crippen LogP contribution is -2.49. The number of aliphatic hydroxyl groups is 1. The van der Waals surface area contributed by atoms with E-state index in [1.807, 2.05) is 13.8 Å². The summed E-state index contributed by atoms with van der Waals surface area (Å²) < 4.78 is 0. The highest BCUT2D eigenvalue weighted by atomic mass is 16.7. The molecule has 0 aromatic carbocycles. The largest absolute Gasteiger partial charge is 0.387 e. The van der Waals surface area contributed by atoms with E-state index >= 15 is 0 Å². The average Bonchev–Trinajstić information content (AvgIpc) is 2.50. The molecule has 0 spiro atoms. The van der Waals surface area contributed by atoms with E-state index in [-0.39, 0.29) is 0 Å². The van der Waals surface area contributed by atoms with Gasteiger partial charge in [-0.1, -0.05) is 6.08 Å². The maximum atomic E-state index is 9.83. The van der Waals surface area contributed by atoms with Crippen LogP contribution in [0.3, 0.4) is 0 Å². The van der Waals surface area contributed by atoms with Crippen molar-refractivity contribution < 1.29 is 9.94 Å². The van der Waals surface area contributed by atoms with Gasteiger partial charge in [-0.25, -0.2) is 0 Å². The molecule has 0 fully saturated rings. The third-order valence-corrected chi connectivity index (χ3v) is 2.95. The summed E-state index contributed by atoms with van der Waals surface area (Å²) in [5.41, 5.74) is 2.59. The molecule has 0 unspecified atom stereocenters. The minimum absolute atomic E-state index is 0.601. The molecular weight excluding hydrogens is 178 g/mol. The Bertz CT molecular complexity index is 226. The highest BCUT2D eigenvalue weighted by Gasteiger charge is 2.37. The minimum Gasteiger partial charge on any atom is -0.387 e. The van der Waals surface area contributed by atoms with Gasteiger partial charge >= 0.3 is 0 Å². The zero-order valence-electron chi connectivity index (χ0n) is 9.55. The second-order valence-corrected chi connectivity index (χ2v) is 4.90. The fraction of sp³-hybridized carbons (Fsp3) is 0.818. The third kappa shape index (κ3) is 2.72. The quantitative estimate of drug-likeness (QED) is 0.681. The summed E-state index contributed by atoms with van der Waals surface area (Å²) in [6.45, 7) is 7.24. The van der Waals surface area contributed by atoms with Crippen molar-refractivity contribution in [2.45, 2.75) is 58.2 Å². The van der Waals surface area contributed by atoms with Crippen LogP contribution >= 0.6 is 0 Å². The Labute approximate surface area is 86.1 Å². The SMILES string of the molecule is CC(C)(O)C(C)(C)ONC1=CCCC1. The predicted molar refractivity (Wildman–Crippen MR) is 56.5 cm³/mol. The van der Waals surface area contributed by atoms with E-state index in [0.29, 0.717) is 0 Å². The second-order valence-electron chi connectivity index (χ2n) is 4.90. The molecule has 14 heavy (non-hydrogen) atoms. The Hall–Kier alpha value is -0.540. The zero-order chi connectivity index (χ0) is 10.8. The topological polar surface area (TPSA) is 41.5 Å². The Kier molecular flexibility index (Phi) is 3.22. The maximum Gasteiger partial charge on any atom is 0.118 e. The van der Waals surface area contributed by atoms with Crippen LogP contribution in [0.1, 0.15) is 47.0 Å². The van der Waals surface area contributed by atoms with Crippen molar-refractivity contribution in [2.75, 3.05) is 0 Å². The van der Waals surface area contributed by atoms with E-state index in [4.69, 9.17) is 4.84 Å². The molecule has 3 heteroatoms. The van der Waals surface area contributed by atoms with Gasteiger partial charge in [-0.3, -0.25) is 10.3 Å². The Morgan fingerprint density at radius 3 is 2.43 bits per heavy atom. The van der Waals surface area contributed by atoms with E-state index in [1.54, 1.807) is 13.8 Å². The Balaban J connectivity index is 2.43. The highest BCUT2D eigenvalue weighted by molar-refractivity contribution is 5.03. The van der Waals surface area contributed by atoms with Crippen LogP contribution in [-0.4, -0.2) is 16.3 Å². The van der Waals surface area contributed by atoms with Crippen LogP contribution < -0.4 is 5.48 Å². The van der Waals surface area contributed by atoms with Gasteiger partial charge in [0.25, 0.3) is 0 Å². The summed E-state index contributed by atoms with van der Waals surface area (Å²) in [4.78, 5) is 5.51. The van der Waals surface area contributed by atoms with Crippen molar-refractivity contribution in [3.05, 3.63) is 11.8 Å². The van der Waals surface area contributed by atoms with Crippen molar-refractivity contribution in [1.82, 2.24) is 5.48 Å². The first-order chi connectivity index (χ1) is 6.33. The van der Waals surface area contributed by atoms with Crippen LogP contribution in [0.4, 0.5) is 0 Å². The lowest BCUT2D eigenvalue weighted by Gasteiger charge is -2.36. The van der Waals surface area contributed by atoms with Gasteiger partial charge in [0.15, 0.2) is 0 Å². The maximum absolute atomic E-state index is 9.83. The minimum atomic E-state index is -0.862. The van der Waals surface area contributed by atoms with E-state index in [2.05, 4.69) is 11.6 Å². The van der Waals surface area contributed by atoms with Crippen LogP contribution in [0, 0.1) is 0 Å². The van der Waals surface area contributed by atoms with Gasteiger partial charge in [-0.05, 0) is 47.0 Å². The molecule has 82 valence electrons. The molecule has 1 aliphatic carbocycles. The van der Waals surface area contributed by atoms with Crippen LogP contribution in [0.25, 0.3) is 0 Å². The summed E-state index contributed by atoms with van der Waals surface area (Å²) in [6.07, 6.45) is 5.49. The van der Waals surface area contributed by atoms with Gasteiger partial charge in [-0.2, -0.15) is 0 Å². The first-order valence-corrected chi connectivity index (χ1v) is 5.18. The lowest BCUT2D eigenvalue weighted by molar-refractivity contribution is -0.176. The number of rotatable bonds is 4. The Morgan fingerprint density at radius 2 is 2.00 bits per heavy atom. The van der Waals surface area contributed by atoms with Crippen molar-refractivity contribution in [1.29, 1.82) is 0 Å². The summed E-state index contributed by atoms with van der Waals surface area (Å²) in [5.74, 6) is 0. The smallest absolute Gasteiger partial charge is 0.118 e. The van der Waals surface area contributed by atoms with Crippen molar-refractivity contribution in [2.24, 2.45) is 0 Å². The molecule has 0 saturated heterocycles. The molecule has 0 atom stereocenters. The predicted octanol–water partition coefficient (Wildman–Crippen LogP) is 2.12. The molecule has 0 heterocycles. The van der Waals surface area contributed by atoms with E-state index < -0.39 is 11.2 Å². The first kappa shape index (κ1) is 11.5. The van der Waals surface area contributed by atoms with E-state index in [9.17, 15) is 5.11 Å². The molecule has 0 aromatic heterocycles. The molecule has 1 aliphatic rings. The lowest BCUT2D eigenvalue weighted by atomic mass is 9.90. The van der Waals surface area contributed by atoms with Gasteiger partial charge in [0.05, 0.1) is 5.60 Å². The molecule has 0 aliphatic heterocycles. The molecule has 1 rings (SSSR count). The first-order valence-electron chi connectivity index (χ1n) is 5.18. The van der Waals surface area contributed by atoms with Crippen LogP contribution in [0.15, 0.2) is 11.8 Å². The van der Waals surface area contributed by atoms with E-state index in [0.717, 1.165) is 18.5 Å². The number of hydroxylamine groups is 1. The summed E-state index contributed by atoms with van der Waals surface area (Å²) in [6, 6.07) is 0. The normalized spacial score (nSPS) is 18.2. The van der Waals surface area contributed by atoms with Gasteiger partial charge in [0, 0.05) is 5.70 Å². The molecule has 2 N–H and O–H groups in total. The summed E-state index contributed by atoms with van der Waals surface area (Å²) >= 11 is 0. The van der Waals surface area contributed by atoms with Gasteiger partial charge in [0.2, 0.25) is 0 Å². The highest BCUT2D eigenvalue weighted by Crippen LogP contribution is 2.25. The molecule has 3 nitrogen and oxygen atoms in total. The van der Waals surface area contributed by atoms with Gasteiger partial charge in [0.1, 0.15) is 5.60 Å². The second kappa shape index (κ2) is 3.91. The molecule has 0 bridgehead atoms. The van der Waals surface area contributed by atoms with Crippen molar-refractivity contribution in [3.8, 4) is 0 Å². The summed E-state index contributed by atoms with van der Waals surface area (Å²) in [5, 5.41) is 9.83. The number of hydrogen-bond donors (Lipinski definition) is 2. The molecule has 0 amide bonds. The van der Waals surface area contributed by atoms with Gasteiger partial charge < -0.3 is 5.11 Å². The van der Waals surface area contributed by atoms with Crippen LogP contribution in [-0.2, 0) is 4.84 Å². The van der Waals surface area contributed by atoms with E-state index in [1.165, 1.54) is 6.42 Å². The standard InChI is InChI=1S/C11H21NO2/c1-10(2,13)11(3,4)14-12-9-7-5-6-8-9/h7,12-13H,5-6,8H2,1-4H3. The van der Waals surface area contributed by atoms with Gasteiger partial charge in [-0.15, -0.1) is 0 Å². The average molecular weight is 199 g/mol. The van der Waals surface area contributed by atoms with Crippen LogP contribution in [0.2, 0.25) is 0 Å². The summed E-state index contributed by atoms with van der Waals surface area (Å²) in [7, 11) is 0.